The Hall–Kier alpha value is -3.27. The summed E-state index contributed by atoms with van der Waals surface area (Å²) in [5.41, 5.74) is 0.601. The molecule has 1 saturated heterocycles. The number of fused-ring (bicyclic) bond motifs is 1. The Labute approximate surface area is 164 Å². The summed E-state index contributed by atoms with van der Waals surface area (Å²) >= 11 is 0. The van der Waals surface area contributed by atoms with Crippen molar-refractivity contribution < 1.29 is 23.4 Å². The van der Waals surface area contributed by atoms with Gasteiger partial charge in [-0.05, 0) is 37.1 Å². The van der Waals surface area contributed by atoms with E-state index in [2.05, 4.69) is 15.4 Å². The molecular formula is C19H19F2N5O3. The van der Waals surface area contributed by atoms with Crippen molar-refractivity contribution in [2.24, 2.45) is 0 Å². The Morgan fingerprint density at radius 2 is 2.21 bits per heavy atom. The number of hydrogen-bond acceptors (Lipinski definition) is 6. The van der Waals surface area contributed by atoms with Gasteiger partial charge in [0.1, 0.15) is 17.5 Å². The van der Waals surface area contributed by atoms with Gasteiger partial charge >= 0.3 is 6.09 Å². The van der Waals surface area contributed by atoms with Crippen LogP contribution in [0.15, 0.2) is 36.7 Å². The minimum atomic E-state index is -0.734. The van der Waals surface area contributed by atoms with Gasteiger partial charge in [-0.1, -0.05) is 0 Å². The van der Waals surface area contributed by atoms with E-state index in [0.29, 0.717) is 24.4 Å². The molecule has 1 aromatic carbocycles. The van der Waals surface area contributed by atoms with Gasteiger partial charge in [-0.3, -0.25) is 0 Å². The quantitative estimate of drug-likeness (QED) is 0.680. The van der Waals surface area contributed by atoms with Gasteiger partial charge < -0.3 is 20.1 Å². The van der Waals surface area contributed by atoms with Crippen molar-refractivity contribution in [3.8, 4) is 5.75 Å². The molecule has 1 amide bonds. The summed E-state index contributed by atoms with van der Waals surface area (Å²) in [6.07, 6.45) is 3.76. The fourth-order valence-corrected chi connectivity index (χ4v) is 3.50. The van der Waals surface area contributed by atoms with Crippen LogP contribution in [0.2, 0.25) is 0 Å². The van der Waals surface area contributed by atoms with Crippen molar-refractivity contribution >= 4 is 17.6 Å². The van der Waals surface area contributed by atoms with Gasteiger partial charge in [-0.15, -0.1) is 0 Å². The van der Waals surface area contributed by atoms with Gasteiger partial charge in [0.2, 0.25) is 5.65 Å². The minimum Gasteiger partial charge on any atom is -0.405 e. The number of ether oxygens (including phenoxy) is 1. The van der Waals surface area contributed by atoms with E-state index in [1.165, 1.54) is 16.8 Å². The Morgan fingerprint density at radius 3 is 3.03 bits per heavy atom. The molecule has 0 aliphatic carbocycles. The SMILES string of the molecule is O=C(NCCO)Oc1cnn2ccc(N3CCCC3c3cc(F)ccc3F)nc12. The average Bonchev–Trinajstić information content (AvgIpc) is 3.35. The molecule has 3 aromatic rings. The van der Waals surface area contributed by atoms with Crippen LogP contribution in [0.1, 0.15) is 24.4 Å². The van der Waals surface area contributed by atoms with E-state index in [-0.39, 0.29) is 30.5 Å². The summed E-state index contributed by atoms with van der Waals surface area (Å²) < 4.78 is 34.6. The van der Waals surface area contributed by atoms with Gasteiger partial charge in [-0.25, -0.2) is 23.1 Å². The molecule has 8 nitrogen and oxygen atoms in total. The summed E-state index contributed by atoms with van der Waals surface area (Å²) in [6.45, 7) is 0.482. The number of aliphatic hydroxyl groups excluding tert-OH is 1. The van der Waals surface area contributed by atoms with Crippen LogP contribution in [0.3, 0.4) is 0 Å². The van der Waals surface area contributed by atoms with Crippen LogP contribution in [0.4, 0.5) is 19.4 Å². The number of rotatable bonds is 5. The Kier molecular flexibility index (Phi) is 5.26. The molecule has 3 heterocycles. The molecule has 1 atom stereocenters. The van der Waals surface area contributed by atoms with E-state index in [1.54, 1.807) is 12.3 Å². The molecule has 1 fully saturated rings. The number of benzene rings is 1. The third-order valence-corrected chi connectivity index (χ3v) is 4.77. The lowest BCUT2D eigenvalue weighted by atomic mass is 10.0. The Bertz CT molecular complexity index is 1040. The van der Waals surface area contributed by atoms with Crippen LogP contribution in [-0.2, 0) is 0 Å². The largest absolute Gasteiger partial charge is 0.412 e. The first-order chi connectivity index (χ1) is 14.1. The lowest BCUT2D eigenvalue weighted by Gasteiger charge is -2.26. The van der Waals surface area contributed by atoms with Crippen molar-refractivity contribution in [2.45, 2.75) is 18.9 Å². The van der Waals surface area contributed by atoms with Crippen molar-refractivity contribution in [1.82, 2.24) is 19.9 Å². The zero-order valence-electron chi connectivity index (χ0n) is 15.4. The summed E-state index contributed by atoms with van der Waals surface area (Å²) in [4.78, 5) is 18.2. The molecule has 0 spiro atoms. The van der Waals surface area contributed by atoms with E-state index in [4.69, 9.17) is 9.84 Å². The predicted molar refractivity (Wildman–Crippen MR) is 99.8 cm³/mol. The Morgan fingerprint density at radius 1 is 1.34 bits per heavy atom. The molecule has 152 valence electrons. The summed E-state index contributed by atoms with van der Waals surface area (Å²) in [6, 6.07) is 4.83. The van der Waals surface area contributed by atoms with E-state index < -0.39 is 17.7 Å². The first-order valence-corrected chi connectivity index (χ1v) is 9.19. The number of nitrogens with one attached hydrogen (secondary N) is 1. The maximum atomic E-state index is 14.3. The molecule has 4 rings (SSSR count). The standard InChI is InChI=1S/C19H19F2N5O3/c20-12-3-4-14(21)13(10-12)15-2-1-7-25(15)17-5-8-26-18(24-17)16(11-23-26)29-19(28)22-6-9-27/h3-5,8,10-11,15,27H,1-2,6-7,9H2,(H,22,28). The van der Waals surface area contributed by atoms with Crippen LogP contribution in [0.25, 0.3) is 5.65 Å². The highest BCUT2D eigenvalue weighted by atomic mass is 19.1. The highest BCUT2D eigenvalue weighted by Gasteiger charge is 2.30. The number of aromatic nitrogens is 3. The van der Waals surface area contributed by atoms with Crippen LogP contribution in [-0.4, -0.2) is 45.5 Å². The monoisotopic (exact) mass is 403 g/mol. The number of aliphatic hydroxyl groups is 1. The van der Waals surface area contributed by atoms with Crippen LogP contribution in [0, 0.1) is 11.6 Å². The molecule has 29 heavy (non-hydrogen) atoms. The molecule has 2 aromatic heterocycles. The number of nitrogens with zero attached hydrogens (tertiary/aromatic N) is 4. The van der Waals surface area contributed by atoms with Crippen molar-refractivity contribution in [3.63, 3.8) is 0 Å². The van der Waals surface area contributed by atoms with Crippen LogP contribution in [0.5, 0.6) is 5.75 Å². The first-order valence-electron chi connectivity index (χ1n) is 9.19. The molecular weight excluding hydrogens is 384 g/mol. The molecule has 1 aliphatic rings. The molecule has 0 bridgehead atoms. The normalized spacial score (nSPS) is 16.4. The van der Waals surface area contributed by atoms with Crippen molar-refractivity contribution in [2.75, 3.05) is 24.6 Å². The van der Waals surface area contributed by atoms with E-state index in [0.717, 1.165) is 18.6 Å². The second kappa shape index (κ2) is 8.00. The third-order valence-electron chi connectivity index (χ3n) is 4.77. The first kappa shape index (κ1) is 19.1. The number of carbonyl (C=O) groups is 1. The van der Waals surface area contributed by atoms with Crippen LogP contribution >= 0.6 is 0 Å². The van der Waals surface area contributed by atoms with E-state index >= 15 is 0 Å². The number of amides is 1. The maximum absolute atomic E-state index is 14.3. The fraction of sp³-hybridized carbons (Fsp3) is 0.316. The van der Waals surface area contributed by atoms with Crippen molar-refractivity contribution in [3.05, 3.63) is 53.9 Å². The van der Waals surface area contributed by atoms with Gasteiger partial charge in [0.05, 0.1) is 18.8 Å². The predicted octanol–water partition coefficient (Wildman–Crippen LogP) is 2.43. The topological polar surface area (TPSA) is 92.0 Å². The summed E-state index contributed by atoms with van der Waals surface area (Å²) in [5, 5.41) is 15.2. The minimum absolute atomic E-state index is 0.0609. The van der Waals surface area contributed by atoms with Gasteiger partial charge in [0.25, 0.3) is 0 Å². The zero-order chi connectivity index (χ0) is 20.4. The smallest absolute Gasteiger partial charge is 0.405 e. The molecule has 1 aliphatic heterocycles. The second-order valence-electron chi connectivity index (χ2n) is 6.62. The molecule has 0 radical (unpaired) electrons. The summed E-state index contributed by atoms with van der Waals surface area (Å²) in [5.74, 6) is -0.255. The second-order valence-corrected chi connectivity index (χ2v) is 6.62. The van der Waals surface area contributed by atoms with Gasteiger partial charge in [0, 0.05) is 24.8 Å². The number of carbonyl (C=O) groups excluding carboxylic acids is 1. The van der Waals surface area contributed by atoms with Gasteiger partial charge in [0.15, 0.2) is 5.75 Å². The maximum Gasteiger partial charge on any atom is 0.412 e. The zero-order valence-corrected chi connectivity index (χ0v) is 15.4. The number of anilines is 1. The van der Waals surface area contributed by atoms with E-state index in [9.17, 15) is 13.6 Å². The Balaban J connectivity index is 1.64. The highest BCUT2D eigenvalue weighted by molar-refractivity contribution is 5.73. The van der Waals surface area contributed by atoms with Crippen LogP contribution < -0.4 is 15.0 Å². The average molecular weight is 403 g/mol. The fourth-order valence-electron chi connectivity index (χ4n) is 3.50. The summed E-state index contributed by atoms with van der Waals surface area (Å²) in [7, 11) is 0. The lowest BCUT2D eigenvalue weighted by Crippen LogP contribution is -2.29. The van der Waals surface area contributed by atoms with Crippen molar-refractivity contribution in [1.29, 1.82) is 0 Å². The molecule has 1 unspecified atom stereocenters. The highest BCUT2D eigenvalue weighted by Crippen LogP contribution is 2.37. The molecule has 2 N–H and O–H groups in total. The lowest BCUT2D eigenvalue weighted by molar-refractivity contribution is 0.196. The molecule has 10 heteroatoms. The van der Waals surface area contributed by atoms with E-state index in [1.807, 2.05) is 4.90 Å². The number of halogens is 2. The number of hydrogen-bond donors (Lipinski definition) is 2. The molecule has 0 saturated carbocycles. The van der Waals surface area contributed by atoms with Gasteiger partial charge in [-0.2, -0.15) is 5.10 Å². The third kappa shape index (κ3) is 3.83.